The molecule has 4 N–H and O–H groups in total. The molecule has 0 unspecified atom stereocenters. The Labute approximate surface area is 191 Å². The Morgan fingerprint density at radius 2 is 1.91 bits per heavy atom. The summed E-state index contributed by atoms with van der Waals surface area (Å²) in [6.45, 7) is 0.747. The van der Waals surface area contributed by atoms with Crippen LogP contribution in [0.2, 0.25) is 0 Å². The number of aromatic nitrogens is 1. The summed E-state index contributed by atoms with van der Waals surface area (Å²) in [4.78, 5) is 32.3. The summed E-state index contributed by atoms with van der Waals surface area (Å²) in [5, 5.41) is 4.07. The monoisotopic (exact) mass is 446 g/mol. The zero-order valence-electron chi connectivity index (χ0n) is 18.2. The number of ether oxygens (including phenoxy) is 2. The molecule has 4 heterocycles. The first-order valence-corrected chi connectivity index (χ1v) is 11.5. The van der Waals surface area contributed by atoms with Gasteiger partial charge in [-0.3, -0.25) is 9.59 Å². The van der Waals surface area contributed by atoms with Gasteiger partial charge < -0.3 is 30.4 Å². The van der Waals surface area contributed by atoms with Crippen molar-refractivity contribution in [2.75, 3.05) is 13.3 Å². The fourth-order valence-electron chi connectivity index (χ4n) is 5.39. The first-order valence-electron chi connectivity index (χ1n) is 11.5. The number of hydrogen-bond donors (Lipinski definition) is 3. The zero-order chi connectivity index (χ0) is 22.5. The summed E-state index contributed by atoms with van der Waals surface area (Å²) in [5.74, 6) is 1.18. The van der Waals surface area contributed by atoms with Crippen LogP contribution in [0.15, 0.2) is 42.5 Å². The molecule has 1 fully saturated rings. The van der Waals surface area contributed by atoms with E-state index in [1.807, 2.05) is 36.4 Å². The number of amides is 2. The van der Waals surface area contributed by atoms with Gasteiger partial charge in [-0.1, -0.05) is 24.3 Å². The van der Waals surface area contributed by atoms with Crippen LogP contribution in [-0.2, 0) is 16.0 Å². The number of hydrogen-bond acceptors (Lipinski definition) is 5. The number of nitrogens with one attached hydrogen (secondary N) is 2. The molecule has 1 aromatic heterocycles. The second-order valence-electron chi connectivity index (χ2n) is 8.89. The summed E-state index contributed by atoms with van der Waals surface area (Å²) in [7, 11) is 0. The van der Waals surface area contributed by atoms with Crippen molar-refractivity contribution in [1.29, 1.82) is 0 Å². The topological polar surface area (TPSA) is 110 Å². The van der Waals surface area contributed by atoms with Crippen LogP contribution in [0.1, 0.15) is 42.1 Å². The molecule has 0 bridgehead atoms. The van der Waals surface area contributed by atoms with Gasteiger partial charge in [-0.2, -0.15) is 0 Å². The van der Waals surface area contributed by atoms with Crippen LogP contribution in [0, 0.1) is 0 Å². The second-order valence-corrected chi connectivity index (χ2v) is 8.89. The summed E-state index contributed by atoms with van der Waals surface area (Å²) >= 11 is 0. The van der Waals surface area contributed by atoms with E-state index < -0.39 is 18.1 Å². The summed E-state index contributed by atoms with van der Waals surface area (Å²) < 4.78 is 11.1. The van der Waals surface area contributed by atoms with Crippen LogP contribution >= 0.6 is 0 Å². The van der Waals surface area contributed by atoms with Crippen LogP contribution in [0.4, 0.5) is 0 Å². The quantitative estimate of drug-likeness (QED) is 0.522. The maximum absolute atomic E-state index is 13.8. The van der Waals surface area contributed by atoms with Crippen molar-refractivity contribution in [3.63, 3.8) is 0 Å². The molecule has 3 aliphatic heterocycles. The lowest BCUT2D eigenvalue weighted by molar-refractivity contribution is -0.152. The number of carbonyl (C=O) groups excluding carboxylic acids is 2. The summed E-state index contributed by atoms with van der Waals surface area (Å²) in [6.07, 6.45) is 2.67. The summed E-state index contributed by atoms with van der Waals surface area (Å²) in [6, 6.07) is 12.3. The lowest BCUT2D eigenvalue weighted by Crippen LogP contribution is -2.65. The molecule has 3 atom stereocenters. The Hall–Kier alpha value is -3.52. The average Bonchev–Trinajstić information content (AvgIpc) is 3.45. The Bertz CT molecular complexity index is 1250. The van der Waals surface area contributed by atoms with Crippen molar-refractivity contribution < 1.29 is 19.1 Å². The van der Waals surface area contributed by atoms with E-state index in [1.165, 1.54) is 0 Å². The van der Waals surface area contributed by atoms with Crippen molar-refractivity contribution in [3.05, 3.63) is 59.3 Å². The molecule has 8 nitrogen and oxygen atoms in total. The standard InChI is InChI=1S/C25H26N4O4/c26-10-4-3-7-18-25(31)29-19(24(30)28-18)12-16-15-5-1-2-6-17(15)27-22(16)23(29)14-8-9-20-21(11-14)33-13-32-20/h1-2,5-6,8-9,11,18-19,23,27H,3-4,7,10,12-13,26H2,(H,28,30)/t18-,19-,23-/m1/s1. The maximum Gasteiger partial charge on any atom is 0.246 e. The number of H-pyrrole nitrogens is 1. The second kappa shape index (κ2) is 7.81. The molecule has 0 aliphatic carbocycles. The highest BCUT2D eigenvalue weighted by Crippen LogP contribution is 2.44. The fraction of sp³-hybridized carbons (Fsp3) is 0.360. The Kier molecular flexibility index (Phi) is 4.76. The number of benzene rings is 2. The molecule has 2 amide bonds. The van der Waals surface area contributed by atoms with E-state index in [2.05, 4.69) is 16.4 Å². The lowest BCUT2D eigenvalue weighted by atomic mass is 9.85. The molecule has 0 radical (unpaired) electrons. The molecule has 1 saturated heterocycles. The van der Waals surface area contributed by atoms with Crippen molar-refractivity contribution in [2.45, 2.75) is 43.8 Å². The number of nitrogens with two attached hydrogens (primary N) is 1. The fourth-order valence-corrected chi connectivity index (χ4v) is 5.39. The minimum atomic E-state index is -0.564. The number of fused-ring (bicyclic) bond motifs is 5. The first kappa shape index (κ1) is 20.1. The van der Waals surface area contributed by atoms with Crippen LogP contribution < -0.4 is 20.5 Å². The third-order valence-electron chi connectivity index (χ3n) is 6.96. The average molecular weight is 447 g/mol. The van der Waals surface area contributed by atoms with Crippen molar-refractivity contribution in [2.24, 2.45) is 5.73 Å². The normalized spacial score (nSPS) is 23.4. The highest BCUT2D eigenvalue weighted by molar-refractivity contribution is 5.99. The molecule has 6 rings (SSSR count). The number of nitrogens with zero attached hydrogens (tertiary/aromatic N) is 1. The van der Waals surface area contributed by atoms with E-state index >= 15 is 0 Å². The van der Waals surface area contributed by atoms with Crippen LogP contribution in [0.3, 0.4) is 0 Å². The minimum absolute atomic E-state index is 0.0522. The van der Waals surface area contributed by atoms with Crippen LogP contribution in [0.5, 0.6) is 11.5 Å². The molecule has 170 valence electrons. The molecule has 2 aromatic carbocycles. The van der Waals surface area contributed by atoms with Gasteiger partial charge in [0.25, 0.3) is 0 Å². The van der Waals surface area contributed by atoms with Crippen LogP contribution in [0.25, 0.3) is 10.9 Å². The van der Waals surface area contributed by atoms with E-state index in [1.54, 1.807) is 4.90 Å². The number of carbonyl (C=O) groups is 2. The van der Waals surface area contributed by atoms with Crippen molar-refractivity contribution >= 4 is 22.7 Å². The molecule has 0 spiro atoms. The lowest BCUT2D eigenvalue weighted by Gasteiger charge is -2.46. The van der Waals surface area contributed by atoms with Gasteiger partial charge in [-0.05, 0) is 55.1 Å². The number of unbranched alkanes of at least 4 members (excludes halogenated alkanes) is 1. The predicted molar refractivity (Wildman–Crippen MR) is 122 cm³/mol. The molecular formula is C25H26N4O4. The van der Waals surface area contributed by atoms with E-state index in [-0.39, 0.29) is 18.6 Å². The van der Waals surface area contributed by atoms with E-state index in [0.29, 0.717) is 30.9 Å². The number of aromatic amines is 1. The van der Waals surface area contributed by atoms with E-state index in [0.717, 1.165) is 40.6 Å². The highest BCUT2D eigenvalue weighted by Gasteiger charge is 2.49. The molecule has 3 aromatic rings. The Morgan fingerprint density at radius 1 is 1.06 bits per heavy atom. The van der Waals surface area contributed by atoms with Gasteiger partial charge in [0.15, 0.2) is 11.5 Å². The van der Waals surface area contributed by atoms with Crippen molar-refractivity contribution in [3.8, 4) is 11.5 Å². The summed E-state index contributed by atoms with van der Waals surface area (Å²) in [5.41, 5.74) is 9.56. The van der Waals surface area contributed by atoms with E-state index in [4.69, 9.17) is 15.2 Å². The third kappa shape index (κ3) is 3.16. The SMILES string of the molecule is NCCCC[C@H]1NC(=O)[C@H]2Cc3c([nH]c4ccccc34)[C@@H](c3ccc4c(c3)OCO4)N2C1=O. The predicted octanol–water partition coefficient (Wildman–Crippen LogP) is 2.37. The third-order valence-corrected chi connectivity index (χ3v) is 6.96. The van der Waals surface area contributed by atoms with Gasteiger partial charge in [-0.25, -0.2) is 0 Å². The van der Waals surface area contributed by atoms with Gasteiger partial charge in [0.05, 0.1) is 6.04 Å². The maximum atomic E-state index is 13.8. The molecule has 33 heavy (non-hydrogen) atoms. The van der Waals surface area contributed by atoms with E-state index in [9.17, 15) is 9.59 Å². The molecule has 0 saturated carbocycles. The van der Waals surface area contributed by atoms with Crippen molar-refractivity contribution in [1.82, 2.24) is 15.2 Å². The largest absolute Gasteiger partial charge is 0.454 e. The van der Waals surface area contributed by atoms with Gasteiger partial charge in [-0.15, -0.1) is 0 Å². The number of piperazine rings is 1. The minimum Gasteiger partial charge on any atom is -0.454 e. The highest BCUT2D eigenvalue weighted by atomic mass is 16.7. The Balaban J connectivity index is 1.49. The molecular weight excluding hydrogens is 420 g/mol. The molecule has 8 heteroatoms. The van der Waals surface area contributed by atoms with Gasteiger partial charge in [0.2, 0.25) is 18.6 Å². The number of rotatable bonds is 5. The smallest absolute Gasteiger partial charge is 0.246 e. The Morgan fingerprint density at radius 3 is 2.79 bits per heavy atom. The number of para-hydroxylation sites is 1. The van der Waals surface area contributed by atoms with Crippen LogP contribution in [-0.4, -0.2) is 47.1 Å². The van der Waals surface area contributed by atoms with Gasteiger partial charge in [0.1, 0.15) is 12.1 Å². The first-order chi connectivity index (χ1) is 16.2. The van der Waals surface area contributed by atoms with Gasteiger partial charge >= 0.3 is 0 Å². The zero-order valence-corrected chi connectivity index (χ0v) is 18.2. The van der Waals surface area contributed by atoms with Gasteiger partial charge in [0, 0.05) is 23.0 Å². The molecule has 3 aliphatic rings.